The summed E-state index contributed by atoms with van der Waals surface area (Å²) in [4.78, 5) is 27.4. The lowest BCUT2D eigenvalue weighted by Gasteiger charge is -2.44. The van der Waals surface area contributed by atoms with Crippen LogP contribution < -0.4 is 9.47 Å². The van der Waals surface area contributed by atoms with Crippen molar-refractivity contribution in [3.8, 4) is 11.5 Å². The molecule has 0 aliphatic carbocycles. The number of fused-ring (bicyclic) bond motifs is 1. The van der Waals surface area contributed by atoms with E-state index >= 15 is 0 Å². The molecule has 2 aromatic rings. The Bertz CT molecular complexity index is 1050. The summed E-state index contributed by atoms with van der Waals surface area (Å²) in [6, 6.07) is 8.38. The van der Waals surface area contributed by atoms with E-state index in [2.05, 4.69) is 0 Å². The number of carbonyl (C=O) groups is 2. The van der Waals surface area contributed by atoms with Gasteiger partial charge in [0.25, 0.3) is 5.91 Å². The number of piperidine rings is 1. The average molecular weight is 483 g/mol. The summed E-state index contributed by atoms with van der Waals surface area (Å²) in [5.41, 5.74) is 0.802. The molecule has 1 fully saturated rings. The highest BCUT2D eigenvalue weighted by molar-refractivity contribution is 6.35. The van der Waals surface area contributed by atoms with E-state index in [0.29, 0.717) is 58.1 Å². The second-order valence-corrected chi connectivity index (χ2v) is 9.39. The molecule has 0 aromatic heterocycles. The predicted molar refractivity (Wildman–Crippen MR) is 121 cm³/mol. The summed E-state index contributed by atoms with van der Waals surface area (Å²) in [6.07, 6.45) is 0.723. The second kappa shape index (κ2) is 8.53. The molecule has 2 aromatic carbocycles. The van der Waals surface area contributed by atoms with Crippen molar-refractivity contribution in [3.05, 3.63) is 56.5 Å². The standard InChI is InChI=1S/C23H22Cl3NO4/c1-13-9-21-16(11-17(13)25)19(28)12-23(31-21)5-7-27(8-6-23)22(29)14(2)30-20-4-3-15(24)10-18(20)26/h3-4,9-11,14H,5-8,12H2,1-2H3. The van der Waals surface area contributed by atoms with E-state index in [1.165, 1.54) is 0 Å². The highest BCUT2D eigenvalue weighted by atomic mass is 35.5. The minimum absolute atomic E-state index is 0.0250. The monoisotopic (exact) mass is 481 g/mol. The Hall–Kier alpha value is -1.95. The number of aryl methyl sites for hydroxylation is 1. The highest BCUT2D eigenvalue weighted by Gasteiger charge is 2.44. The van der Waals surface area contributed by atoms with Crippen molar-refractivity contribution in [2.45, 2.75) is 44.8 Å². The molecule has 2 aliphatic heterocycles. The lowest BCUT2D eigenvalue weighted by Crippen LogP contribution is -2.54. The number of halogens is 3. The van der Waals surface area contributed by atoms with Crippen molar-refractivity contribution >= 4 is 46.5 Å². The summed E-state index contributed by atoms with van der Waals surface area (Å²) >= 11 is 18.2. The van der Waals surface area contributed by atoms with E-state index in [9.17, 15) is 9.59 Å². The van der Waals surface area contributed by atoms with E-state index in [1.807, 2.05) is 13.0 Å². The SMILES string of the molecule is Cc1cc2c(cc1Cl)C(=O)CC1(CCN(C(=O)C(C)Oc3ccc(Cl)cc3Cl)CC1)O2. The molecule has 5 nitrogen and oxygen atoms in total. The minimum atomic E-state index is -0.702. The van der Waals surface area contributed by atoms with E-state index in [-0.39, 0.29) is 18.1 Å². The Morgan fingerprint density at radius 2 is 1.84 bits per heavy atom. The largest absolute Gasteiger partial charge is 0.486 e. The lowest BCUT2D eigenvalue weighted by molar-refractivity contribution is -0.141. The molecule has 2 heterocycles. The van der Waals surface area contributed by atoms with Gasteiger partial charge in [-0.25, -0.2) is 0 Å². The fourth-order valence-electron chi connectivity index (χ4n) is 4.10. The third-order valence-corrected chi connectivity index (χ3v) is 6.84. The molecular weight excluding hydrogens is 461 g/mol. The van der Waals surface area contributed by atoms with Crippen LogP contribution in [0.25, 0.3) is 0 Å². The minimum Gasteiger partial charge on any atom is -0.486 e. The molecule has 1 spiro atoms. The Labute approximate surface area is 196 Å². The first-order valence-electron chi connectivity index (χ1n) is 10.1. The van der Waals surface area contributed by atoms with Crippen LogP contribution in [0, 0.1) is 6.92 Å². The molecule has 31 heavy (non-hydrogen) atoms. The first-order valence-corrected chi connectivity index (χ1v) is 11.2. The van der Waals surface area contributed by atoms with Crippen molar-refractivity contribution in [1.29, 1.82) is 0 Å². The maximum Gasteiger partial charge on any atom is 0.263 e. The lowest BCUT2D eigenvalue weighted by atomic mass is 9.82. The van der Waals surface area contributed by atoms with Gasteiger partial charge in [-0.2, -0.15) is 0 Å². The Morgan fingerprint density at radius 1 is 1.13 bits per heavy atom. The van der Waals surface area contributed by atoms with Gasteiger partial charge >= 0.3 is 0 Å². The van der Waals surface area contributed by atoms with Crippen LogP contribution in [0.2, 0.25) is 15.1 Å². The van der Waals surface area contributed by atoms with Crippen LogP contribution in [-0.4, -0.2) is 41.4 Å². The Kier molecular flexibility index (Phi) is 6.12. The van der Waals surface area contributed by atoms with Gasteiger partial charge < -0.3 is 14.4 Å². The second-order valence-electron chi connectivity index (χ2n) is 8.14. The highest BCUT2D eigenvalue weighted by Crippen LogP contribution is 2.41. The summed E-state index contributed by atoms with van der Waals surface area (Å²) in [7, 11) is 0. The third kappa shape index (κ3) is 4.50. The smallest absolute Gasteiger partial charge is 0.263 e. The maximum absolute atomic E-state index is 12.9. The van der Waals surface area contributed by atoms with Crippen molar-refractivity contribution in [2.75, 3.05) is 13.1 Å². The quantitative estimate of drug-likeness (QED) is 0.559. The maximum atomic E-state index is 12.9. The van der Waals surface area contributed by atoms with Crippen LogP contribution in [0.3, 0.4) is 0 Å². The first kappa shape index (κ1) is 22.3. The first-order chi connectivity index (χ1) is 14.7. The van der Waals surface area contributed by atoms with Gasteiger partial charge in [-0.05, 0) is 49.7 Å². The fourth-order valence-corrected chi connectivity index (χ4v) is 4.71. The molecule has 0 N–H and O–H groups in total. The van der Waals surface area contributed by atoms with Gasteiger partial charge in [-0.15, -0.1) is 0 Å². The summed E-state index contributed by atoms with van der Waals surface area (Å²) in [5.74, 6) is 0.877. The topological polar surface area (TPSA) is 55.8 Å². The van der Waals surface area contributed by atoms with Crippen LogP contribution in [0.4, 0.5) is 0 Å². The third-order valence-electron chi connectivity index (χ3n) is 5.90. The van der Waals surface area contributed by atoms with Gasteiger partial charge in [0, 0.05) is 36.0 Å². The molecule has 0 saturated carbocycles. The normalized spacial score (nSPS) is 18.4. The predicted octanol–water partition coefficient (Wildman–Crippen LogP) is 5.75. The van der Waals surface area contributed by atoms with Gasteiger partial charge in [0.2, 0.25) is 0 Å². The average Bonchev–Trinajstić information content (AvgIpc) is 2.72. The summed E-state index contributed by atoms with van der Waals surface area (Å²) < 4.78 is 12.1. The number of hydrogen-bond donors (Lipinski definition) is 0. The molecular formula is C23H22Cl3NO4. The van der Waals surface area contributed by atoms with Crippen LogP contribution in [0.5, 0.6) is 11.5 Å². The van der Waals surface area contributed by atoms with Gasteiger partial charge in [0.1, 0.15) is 17.1 Å². The van der Waals surface area contributed by atoms with Crippen LogP contribution in [0.15, 0.2) is 30.3 Å². The molecule has 0 bridgehead atoms. The molecule has 1 saturated heterocycles. The zero-order chi connectivity index (χ0) is 22.3. The van der Waals surface area contributed by atoms with E-state index in [1.54, 1.807) is 36.1 Å². The van der Waals surface area contributed by atoms with Crippen LogP contribution in [-0.2, 0) is 4.79 Å². The number of Topliss-reactive ketones (excluding diaryl/α,β-unsaturated/α-hetero) is 1. The number of likely N-dealkylation sites (tertiary alicyclic amines) is 1. The number of ketones is 1. The van der Waals surface area contributed by atoms with E-state index in [0.717, 1.165) is 5.56 Å². The molecule has 2 aliphatic rings. The fraction of sp³-hybridized carbons (Fsp3) is 0.391. The van der Waals surface area contributed by atoms with Gasteiger partial charge in [-0.1, -0.05) is 34.8 Å². The molecule has 164 valence electrons. The van der Waals surface area contributed by atoms with Gasteiger partial charge in [-0.3, -0.25) is 9.59 Å². The molecule has 0 radical (unpaired) electrons. The molecule has 8 heteroatoms. The van der Waals surface area contributed by atoms with Crippen LogP contribution >= 0.6 is 34.8 Å². The van der Waals surface area contributed by atoms with E-state index in [4.69, 9.17) is 44.3 Å². The Morgan fingerprint density at radius 3 is 2.52 bits per heavy atom. The zero-order valence-corrected chi connectivity index (χ0v) is 19.5. The zero-order valence-electron chi connectivity index (χ0n) is 17.2. The van der Waals surface area contributed by atoms with Crippen molar-refractivity contribution in [1.82, 2.24) is 4.90 Å². The number of amides is 1. The summed E-state index contributed by atoms with van der Waals surface area (Å²) in [6.45, 7) is 4.54. The summed E-state index contributed by atoms with van der Waals surface area (Å²) in [5, 5.41) is 1.41. The van der Waals surface area contributed by atoms with Gasteiger partial charge in [0.05, 0.1) is 17.0 Å². The number of carbonyl (C=O) groups excluding carboxylic acids is 2. The Balaban J connectivity index is 1.41. The number of nitrogens with zero attached hydrogens (tertiary/aromatic N) is 1. The molecule has 1 amide bonds. The molecule has 4 rings (SSSR count). The number of rotatable bonds is 3. The van der Waals surface area contributed by atoms with E-state index < -0.39 is 11.7 Å². The molecule has 1 atom stereocenters. The van der Waals surface area contributed by atoms with Crippen LogP contribution in [0.1, 0.15) is 42.1 Å². The number of benzene rings is 2. The number of hydrogen-bond acceptors (Lipinski definition) is 4. The van der Waals surface area contributed by atoms with Crippen molar-refractivity contribution in [2.24, 2.45) is 0 Å². The number of ether oxygens (including phenoxy) is 2. The van der Waals surface area contributed by atoms with Crippen molar-refractivity contribution < 1.29 is 19.1 Å². The molecule has 1 unspecified atom stereocenters. The van der Waals surface area contributed by atoms with Gasteiger partial charge in [0.15, 0.2) is 11.9 Å². The van der Waals surface area contributed by atoms with Crippen molar-refractivity contribution in [3.63, 3.8) is 0 Å².